The van der Waals surface area contributed by atoms with Crippen molar-refractivity contribution in [2.45, 2.75) is 6.04 Å². The molecule has 8 nitrogen and oxygen atoms in total. The average Bonchev–Trinajstić information content (AvgIpc) is 3.06. The molecule has 3 rings (SSSR count). The third kappa shape index (κ3) is 4.20. The van der Waals surface area contributed by atoms with Gasteiger partial charge in [0.2, 0.25) is 0 Å². The largest absolute Gasteiger partial charge is 0.507 e. The Kier molecular flexibility index (Phi) is 6.81. The van der Waals surface area contributed by atoms with Crippen LogP contribution in [0.25, 0.3) is 5.76 Å². The molecule has 0 aliphatic carbocycles. The minimum Gasteiger partial charge on any atom is -0.507 e. The molecule has 0 saturated carbocycles. The molecule has 1 fully saturated rings. The molecule has 1 saturated heterocycles. The van der Waals surface area contributed by atoms with E-state index in [1.54, 1.807) is 42.5 Å². The van der Waals surface area contributed by atoms with Crippen molar-refractivity contribution in [2.75, 3.05) is 41.6 Å². The van der Waals surface area contributed by atoms with Gasteiger partial charge in [0.05, 0.1) is 39.6 Å². The average molecular weight is 427 g/mol. The second-order valence-electron chi connectivity index (χ2n) is 6.83. The number of benzene rings is 2. The SMILES string of the molecule is COCCN1C(=O)C(=O)C(=C(O)c2ccc(OC)cc2)[C@H]1c1ccc(OC)c(OC)c1. The normalized spacial score (nSPS) is 17.7. The van der Waals surface area contributed by atoms with E-state index in [0.717, 1.165) is 0 Å². The number of aliphatic hydroxyl groups is 1. The van der Waals surface area contributed by atoms with Gasteiger partial charge in [-0.15, -0.1) is 0 Å². The summed E-state index contributed by atoms with van der Waals surface area (Å²) in [6, 6.07) is 10.9. The molecule has 0 radical (unpaired) electrons. The van der Waals surface area contributed by atoms with Crippen LogP contribution in [-0.4, -0.2) is 63.3 Å². The number of hydrogen-bond donors (Lipinski definition) is 1. The van der Waals surface area contributed by atoms with E-state index in [0.29, 0.717) is 28.4 Å². The summed E-state index contributed by atoms with van der Waals surface area (Å²) in [6.07, 6.45) is 0. The summed E-state index contributed by atoms with van der Waals surface area (Å²) < 4.78 is 20.9. The van der Waals surface area contributed by atoms with E-state index in [9.17, 15) is 14.7 Å². The van der Waals surface area contributed by atoms with E-state index < -0.39 is 17.7 Å². The quantitative estimate of drug-likeness (QED) is 0.393. The highest BCUT2D eigenvalue weighted by atomic mass is 16.5. The summed E-state index contributed by atoms with van der Waals surface area (Å²) in [6.45, 7) is 0.416. The molecular weight excluding hydrogens is 402 g/mol. The van der Waals surface area contributed by atoms with Gasteiger partial charge in [-0.3, -0.25) is 9.59 Å². The molecule has 1 atom stereocenters. The fraction of sp³-hybridized carbons (Fsp3) is 0.304. The summed E-state index contributed by atoms with van der Waals surface area (Å²) in [5.41, 5.74) is 0.998. The van der Waals surface area contributed by atoms with Gasteiger partial charge in [-0.05, 0) is 42.0 Å². The van der Waals surface area contributed by atoms with Crippen LogP contribution in [0, 0.1) is 0 Å². The summed E-state index contributed by atoms with van der Waals surface area (Å²) in [5, 5.41) is 11.0. The number of hydrogen-bond acceptors (Lipinski definition) is 7. The van der Waals surface area contributed by atoms with Gasteiger partial charge < -0.3 is 29.0 Å². The first-order valence-corrected chi connectivity index (χ1v) is 9.60. The second kappa shape index (κ2) is 9.53. The maximum Gasteiger partial charge on any atom is 0.295 e. The Balaban J connectivity index is 2.17. The van der Waals surface area contributed by atoms with Crippen LogP contribution in [0.4, 0.5) is 0 Å². The maximum atomic E-state index is 12.9. The Bertz CT molecular complexity index is 997. The Morgan fingerprint density at radius 1 is 0.935 bits per heavy atom. The predicted molar refractivity (Wildman–Crippen MR) is 113 cm³/mol. The molecule has 0 spiro atoms. The third-order valence-corrected chi connectivity index (χ3v) is 5.16. The van der Waals surface area contributed by atoms with Crippen molar-refractivity contribution in [2.24, 2.45) is 0 Å². The van der Waals surface area contributed by atoms with E-state index in [4.69, 9.17) is 18.9 Å². The van der Waals surface area contributed by atoms with Crippen molar-refractivity contribution in [1.29, 1.82) is 0 Å². The molecule has 2 aromatic rings. The maximum absolute atomic E-state index is 12.9. The van der Waals surface area contributed by atoms with Crippen LogP contribution < -0.4 is 14.2 Å². The van der Waals surface area contributed by atoms with Gasteiger partial charge in [0.15, 0.2) is 11.5 Å². The van der Waals surface area contributed by atoms with Gasteiger partial charge in [0.25, 0.3) is 11.7 Å². The lowest BCUT2D eigenvalue weighted by Crippen LogP contribution is -2.32. The Labute approximate surface area is 180 Å². The fourth-order valence-electron chi connectivity index (χ4n) is 3.57. The van der Waals surface area contributed by atoms with Gasteiger partial charge in [-0.25, -0.2) is 0 Å². The van der Waals surface area contributed by atoms with E-state index in [1.165, 1.54) is 33.3 Å². The van der Waals surface area contributed by atoms with Crippen LogP contribution in [0.5, 0.6) is 17.2 Å². The van der Waals surface area contributed by atoms with Crippen molar-refractivity contribution >= 4 is 17.4 Å². The fourth-order valence-corrected chi connectivity index (χ4v) is 3.57. The van der Waals surface area contributed by atoms with Crippen LogP contribution in [-0.2, 0) is 14.3 Å². The summed E-state index contributed by atoms with van der Waals surface area (Å²) in [4.78, 5) is 27.2. The predicted octanol–water partition coefficient (Wildman–Crippen LogP) is 2.78. The van der Waals surface area contributed by atoms with Crippen LogP contribution in [0.15, 0.2) is 48.0 Å². The van der Waals surface area contributed by atoms with E-state index >= 15 is 0 Å². The molecule has 2 aromatic carbocycles. The second-order valence-corrected chi connectivity index (χ2v) is 6.83. The highest BCUT2D eigenvalue weighted by molar-refractivity contribution is 6.46. The minimum absolute atomic E-state index is 0.00140. The monoisotopic (exact) mass is 427 g/mol. The zero-order valence-corrected chi connectivity index (χ0v) is 17.9. The lowest BCUT2D eigenvalue weighted by molar-refractivity contribution is -0.140. The number of carbonyl (C=O) groups is 2. The van der Waals surface area contributed by atoms with Crippen LogP contribution in [0.1, 0.15) is 17.2 Å². The molecule has 31 heavy (non-hydrogen) atoms. The molecule has 1 aliphatic rings. The first-order valence-electron chi connectivity index (χ1n) is 9.60. The third-order valence-electron chi connectivity index (χ3n) is 5.16. The first-order chi connectivity index (χ1) is 15.0. The van der Waals surface area contributed by atoms with Crippen LogP contribution >= 0.6 is 0 Å². The van der Waals surface area contributed by atoms with Gasteiger partial charge in [0.1, 0.15) is 11.5 Å². The number of ketones is 1. The summed E-state index contributed by atoms with van der Waals surface area (Å²) >= 11 is 0. The van der Waals surface area contributed by atoms with Crippen molar-refractivity contribution in [3.05, 3.63) is 59.2 Å². The molecule has 1 amide bonds. The molecule has 1 N–H and O–H groups in total. The van der Waals surface area contributed by atoms with Gasteiger partial charge >= 0.3 is 0 Å². The molecule has 1 heterocycles. The van der Waals surface area contributed by atoms with E-state index in [1.807, 2.05) is 0 Å². The molecular formula is C23H25NO7. The van der Waals surface area contributed by atoms with Crippen molar-refractivity contribution < 1.29 is 33.6 Å². The lowest BCUT2D eigenvalue weighted by atomic mass is 9.95. The zero-order valence-electron chi connectivity index (χ0n) is 17.9. The standard InChI is InChI=1S/C23H25NO7/c1-28-12-11-24-20(15-7-10-17(30-3)18(13-15)31-4)19(22(26)23(24)27)21(25)14-5-8-16(29-2)9-6-14/h5-10,13,20,25H,11-12H2,1-4H3/t20-/m1/s1. The van der Waals surface area contributed by atoms with Crippen molar-refractivity contribution in [3.8, 4) is 17.2 Å². The molecule has 0 bridgehead atoms. The lowest BCUT2D eigenvalue weighted by Gasteiger charge is -2.25. The van der Waals surface area contributed by atoms with Gasteiger partial charge in [-0.2, -0.15) is 0 Å². The number of likely N-dealkylation sites (tertiary alicyclic amines) is 1. The summed E-state index contributed by atoms with van der Waals surface area (Å²) in [7, 11) is 6.07. The number of Topliss-reactive ketones (excluding diaryl/α,β-unsaturated/α-hetero) is 1. The van der Waals surface area contributed by atoms with Crippen molar-refractivity contribution in [1.82, 2.24) is 4.90 Å². The van der Waals surface area contributed by atoms with Crippen LogP contribution in [0.3, 0.4) is 0 Å². The Morgan fingerprint density at radius 2 is 1.61 bits per heavy atom. The number of ether oxygens (including phenoxy) is 4. The topological polar surface area (TPSA) is 94.5 Å². The number of amides is 1. The molecule has 8 heteroatoms. The number of aliphatic hydroxyl groups excluding tert-OH is 1. The number of carbonyl (C=O) groups excluding carboxylic acids is 2. The first kappa shape index (κ1) is 22.2. The van der Waals surface area contributed by atoms with E-state index in [2.05, 4.69) is 0 Å². The highest BCUT2D eigenvalue weighted by Gasteiger charge is 2.46. The van der Waals surface area contributed by atoms with Gasteiger partial charge in [0, 0.05) is 19.2 Å². The Hall–Kier alpha value is -3.52. The molecule has 164 valence electrons. The smallest absolute Gasteiger partial charge is 0.295 e. The zero-order chi connectivity index (χ0) is 22.5. The Morgan fingerprint density at radius 3 is 2.19 bits per heavy atom. The number of nitrogens with zero attached hydrogens (tertiary/aromatic N) is 1. The van der Waals surface area contributed by atoms with E-state index in [-0.39, 0.29) is 24.5 Å². The number of methoxy groups -OCH3 is 4. The molecule has 0 unspecified atom stereocenters. The minimum atomic E-state index is -0.808. The molecule has 0 aromatic heterocycles. The van der Waals surface area contributed by atoms with Crippen molar-refractivity contribution in [3.63, 3.8) is 0 Å². The van der Waals surface area contributed by atoms with Crippen LogP contribution in [0.2, 0.25) is 0 Å². The summed E-state index contributed by atoms with van der Waals surface area (Å²) in [5.74, 6) is -0.164. The van der Waals surface area contributed by atoms with Gasteiger partial charge in [-0.1, -0.05) is 6.07 Å². The number of rotatable bonds is 8. The molecule has 1 aliphatic heterocycles. The highest BCUT2D eigenvalue weighted by Crippen LogP contribution is 2.41.